The standard InChI is InChI=1S/C17H21Br3O5/c1-10-16(20)14(24-11(2)21)9-15(19)17(22)6-5-13(25-17)8-12(23-10)4-3-7-18/h4-7,10,12-16,22H,8-9H2,1-2H3. The Hall–Kier alpha value is 0.0500. The second kappa shape index (κ2) is 9.31. The highest BCUT2D eigenvalue weighted by Gasteiger charge is 2.44. The van der Waals surface area contributed by atoms with Gasteiger partial charge in [0.2, 0.25) is 0 Å². The van der Waals surface area contributed by atoms with Crippen LogP contribution in [0.1, 0.15) is 26.7 Å². The Labute approximate surface area is 172 Å². The third kappa shape index (κ3) is 5.76. The van der Waals surface area contributed by atoms with Gasteiger partial charge < -0.3 is 19.3 Å². The number of halogens is 3. The maximum atomic E-state index is 11.5. The summed E-state index contributed by atoms with van der Waals surface area (Å²) in [6.07, 6.45) is 4.87. The fraction of sp³-hybridized carbons (Fsp3) is 0.647. The quantitative estimate of drug-likeness (QED) is 0.248. The normalized spacial score (nSPS) is 41.4. The number of fused-ring (bicyclic) bond motifs is 2. The molecule has 7 unspecified atom stereocenters. The van der Waals surface area contributed by atoms with E-state index in [2.05, 4.69) is 53.5 Å². The second-order valence-electron chi connectivity index (χ2n) is 6.12. The molecular formula is C17H21Br3O5. The van der Waals surface area contributed by atoms with Crippen molar-refractivity contribution in [2.45, 2.75) is 66.5 Å². The number of hydrogen-bond acceptors (Lipinski definition) is 5. The molecule has 0 aromatic heterocycles. The Bertz CT molecular complexity index is 575. The number of alkyl halides is 2. The lowest BCUT2D eigenvalue weighted by Crippen LogP contribution is -2.44. The van der Waals surface area contributed by atoms with Gasteiger partial charge >= 0.3 is 5.97 Å². The minimum atomic E-state index is -1.46. The molecule has 0 saturated carbocycles. The molecule has 2 rings (SSSR count). The number of aliphatic hydroxyl groups is 1. The first-order valence-electron chi connectivity index (χ1n) is 7.97. The molecular weight excluding hydrogens is 524 g/mol. The molecule has 5 nitrogen and oxygen atoms in total. The second-order valence-corrected chi connectivity index (χ2v) is 8.74. The Morgan fingerprint density at radius 2 is 2.16 bits per heavy atom. The molecule has 2 aliphatic rings. The van der Waals surface area contributed by atoms with Crippen LogP contribution in [0.4, 0.5) is 0 Å². The van der Waals surface area contributed by atoms with Crippen LogP contribution in [0, 0.1) is 0 Å². The molecule has 2 heterocycles. The van der Waals surface area contributed by atoms with Crippen molar-refractivity contribution in [1.82, 2.24) is 0 Å². The van der Waals surface area contributed by atoms with E-state index in [1.807, 2.05) is 13.0 Å². The van der Waals surface area contributed by atoms with Crippen molar-refractivity contribution in [2.24, 2.45) is 0 Å². The van der Waals surface area contributed by atoms with Crippen LogP contribution in [0.15, 0.2) is 28.9 Å². The highest BCUT2D eigenvalue weighted by molar-refractivity contribution is 9.11. The van der Waals surface area contributed by atoms with Gasteiger partial charge in [0.1, 0.15) is 6.10 Å². The molecule has 25 heavy (non-hydrogen) atoms. The van der Waals surface area contributed by atoms with Gasteiger partial charge in [0.25, 0.3) is 0 Å². The van der Waals surface area contributed by atoms with E-state index in [1.165, 1.54) is 6.92 Å². The van der Waals surface area contributed by atoms with Crippen LogP contribution in [0.3, 0.4) is 0 Å². The lowest BCUT2D eigenvalue weighted by Gasteiger charge is -2.32. The molecule has 1 saturated heterocycles. The van der Waals surface area contributed by atoms with Crippen molar-refractivity contribution in [3.05, 3.63) is 28.9 Å². The maximum absolute atomic E-state index is 11.5. The largest absolute Gasteiger partial charge is 0.461 e. The highest BCUT2D eigenvalue weighted by atomic mass is 79.9. The first-order chi connectivity index (χ1) is 11.7. The lowest BCUT2D eigenvalue weighted by atomic mass is 10.0. The molecule has 0 amide bonds. The minimum absolute atomic E-state index is 0.238. The van der Waals surface area contributed by atoms with E-state index in [9.17, 15) is 9.90 Å². The van der Waals surface area contributed by atoms with E-state index < -0.39 is 16.7 Å². The zero-order chi connectivity index (χ0) is 18.6. The molecule has 0 spiro atoms. The third-order valence-corrected chi connectivity index (χ3v) is 6.73. The summed E-state index contributed by atoms with van der Waals surface area (Å²) in [5, 5.41) is 10.8. The molecule has 1 fully saturated rings. The van der Waals surface area contributed by atoms with Crippen molar-refractivity contribution in [1.29, 1.82) is 0 Å². The van der Waals surface area contributed by atoms with Gasteiger partial charge in [0.15, 0.2) is 5.79 Å². The van der Waals surface area contributed by atoms with Crippen LogP contribution in [0.5, 0.6) is 0 Å². The lowest BCUT2D eigenvalue weighted by molar-refractivity contribution is -0.178. The Balaban J connectivity index is 2.31. The number of carbonyl (C=O) groups is 1. The summed E-state index contributed by atoms with van der Waals surface area (Å²) in [6, 6.07) is 0. The zero-order valence-electron chi connectivity index (χ0n) is 13.9. The Morgan fingerprint density at radius 3 is 2.80 bits per heavy atom. The fourth-order valence-electron chi connectivity index (χ4n) is 2.89. The third-order valence-electron chi connectivity index (χ3n) is 4.10. The molecule has 7 atom stereocenters. The van der Waals surface area contributed by atoms with Crippen LogP contribution >= 0.6 is 47.8 Å². The summed E-state index contributed by atoms with van der Waals surface area (Å²) < 4.78 is 17.4. The van der Waals surface area contributed by atoms with Gasteiger partial charge in [-0.1, -0.05) is 53.9 Å². The Kier molecular flexibility index (Phi) is 7.95. The summed E-state index contributed by atoms with van der Waals surface area (Å²) >= 11 is 10.3. The average molecular weight is 545 g/mol. The number of carbonyl (C=O) groups excluding carboxylic acids is 1. The molecule has 140 valence electrons. The van der Waals surface area contributed by atoms with E-state index in [0.717, 1.165) is 0 Å². The van der Waals surface area contributed by atoms with Gasteiger partial charge in [-0.2, -0.15) is 0 Å². The van der Waals surface area contributed by atoms with Gasteiger partial charge in [0, 0.05) is 24.8 Å². The van der Waals surface area contributed by atoms with Crippen LogP contribution in [0.25, 0.3) is 0 Å². The predicted molar refractivity (Wildman–Crippen MR) is 105 cm³/mol. The minimum Gasteiger partial charge on any atom is -0.461 e. The highest BCUT2D eigenvalue weighted by Crippen LogP contribution is 2.36. The summed E-state index contributed by atoms with van der Waals surface area (Å²) in [5.41, 5.74) is 2.96. The molecule has 2 bridgehead atoms. The van der Waals surface area contributed by atoms with Crippen LogP contribution < -0.4 is 0 Å². The number of ether oxygens (including phenoxy) is 3. The first kappa shape index (κ1) is 21.4. The predicted octanol–water partition coefficient (Wildman–Crippen LogP) is 3.72. The Morgan fingerprint density at radius 1 is 1.44 bits per heavy atom. The van der Waals surface area contributed by atoms with Gasteiger partial charge in [0.05, 0.1) is 28.0 Å². The molecule has 0 aromatic carbocycles. The van der Waals surface area contributed by atoms with Crippen molar-refractivity contribution < 1.29 is 24.1 Å². The van der Waals surface area contributed by atoms with E-state index in [4.69, 9.17) is 14.2 Å². The van der Waals surface area contributed by atoms with Gasteiger partial charge in [-0.05, 0) is 19.1 Å². The number of esters is 1. The summed E-state index contributed by atoms with van der Waals surface area (Å²) in [7, 11) is 0. The smallest absolute Gasteiger partial charge is 0.302 e. The van der Waals surface area contributed by atoms with Crippen molar-refractivity contribution in [3.63, 3.8) is 0 Å². The van der Waals surface area contributed by atoms with E-state index in [0.29, 0.717) is 12.8 Å². The topological polar surface area (TPSA) is 65.0 Å². The summed E-state index contributed by atoms with van der Waals surface area (Å²) in [6.45, 7) is 3.28. The number of rotatable bonds is 2. The van der Waals surface area contributed by atoms with E-state index in [1.54, 1.807) is 17.1 Å². The van der Waals surface area contributed by atoms with Gasteiger partial charge in [-0.15, -0.1) is 5.73 Å². The van der Waals surface area contributed by atoms with Crippen molar-refractivity contribution in [2.75, 3.05) is 0 Å². The van der Waals surface area contributed by atoms with Crippen LogP contribution in [0.2, 0.25) is 0 Å². The molecule has 2 aliphatic heterocycles. The van der Waals surface area contributed by atoms with Crippen LogP contribution in [-0.2, 0) is 19.0 Å². The molecule has 8 heteroatoms. The van der Waals surface area contributed by atoms with Crippen LogP contribution in [-0.4, -0.2) is 50.9 Å². The summed E-state index contributed by atoms with van der Waals surface area (Å²) in [5.74, 6) is -1.84. The van der Waals surface area contributed by atoms with Crippen molar-refractivity contribution in [3.8, 4) is 0 Å². The van der Waals surface area contributed by atoms with Gasteiger partial charge in [-0.25, -0.2) is 0 Å². The SMILES string of the molecule is CC(=O)OC1CC(Br)C2(O)C=CC(CC(C=C=CBr)OC(C)C1Br)O2. The molecule has 0 radical (unpaired) electrons. The van der Waals surface area contributed by atoms with Crippen molar-refractivity contribution >= 4 is 53.8 Å². The average Bonchev–Trinajstić information content (AvgIpc) is 2.92. The number of hydrogen-bond donors (Lipinski definition) is 1. The molecule has 0 aliphatic carbocycles. The first-order valence-corrected chi connectivity index (χ1v) is 10.7. The molecule has 0 aromatic rings. The monoisotopic (exact) mass is 542 g/mol. The fourth-order valence-corrected chi connectivity index (χ4v) is 4.12. The summed E-state index contributed by atoms with van der Waals surface area (Å²) in [4.78, 5) is 12.4. The molecule has 1 N–H and O–H groups in total. The maximum Gasteiger partial charge on any atom is 0.302 e. The van der Waals surface area contributed by atoms with Gasteiger partial charge in [-0.3, -0.25) is 4.79 Å². The zero-order valence-corrected chi connectivity index (χ0v) is 18.7. The van der Waals surface area contributed by atoms with E-state index >= 15 is 0 Å². The van der Waals surface area contributed by atoms with E-state index in [-0.39, 0.29) is 29.1 Å².